The summed E-state index contributed by atoms with van der Waals surface area (Å²) in [6.45, 7) is 10.8. The molecule has 1 fully saturated rings. The first-order valence-electron chi connectivity index (χ1n) is 7.48. The molecule has 2 heteroatoms. The van der Waals surface area contributed by atoms with Crippen molar-refractivity contribution in [3.63, 3.8) is 0 Å². The lowest BCUT2D eigenvalue weighted by molar-refractivity contribution is 0.0635. The molecule has 0 amide bonds. The van der Waals surface area contributed by atoms with Gasteiger partial charge in [0.25, 0.3) is 0 Å². The molecule has 0 aromatic carbocycles. The first-order valence-corrected chi connectivity index (χ1v) is 7.48. The standard InChI is InChI=1S/C15H31NO/c1-5-16-15(9-10-17-12(2)3)14-8-6-7-13(4)11-14/h12-16H,5-11H2,1-4H3. The molecule has 0 aliphatic heterocycles. The Labute approximate surface area is 108 Å². The van der Waals surface area contributed by atoms with Gasteiger partial charge in [-0.05, 0) is 51.5 Å². The van der Waals surface area contributed by atoms with Gasteiger partial charge in [-0.25, -0.2) is 0 Å². The van der Waals surface area contributed by atoms with Crippen LogP contribution >= 0.6 is 0 Å². The lowest BCUT2D eigenvalue weighted by Gasteiger charge is -2.34. The van der Waals surface area contributed by atoms with E-state index in [2.05, 4.69) is 33.0 Å². The summed E-state index contributed by atoms with van der Waals surface area (Å²) in [6, 6.07) is 0.668. The molecule has 0 spiro atoms. The third kappa shape index (κ3) is 5.87. The third-order valence-electron chi connectivity index (χ3n) is 3.89. The van der Waals surface area contributed by atoms with Gasteiger partial charge in [-0.2, -0.15) is 0 Å². The summed E-state index contributed by atoms with van der Waals surface area (Å²) >= 11 is 0. The maximum Gasteiger partial charge on any atom is 0.0518 e. The molecule has 3 atom stereocenters. The Morgan fingerprint density at radius 1 is 1.29 bits per heavy atom. The number of rotatable bonds is 7. The van der Waals surface area contributed by atoms with Crippen molar-refractivity contribution < 1.29 is 4.74 Å². The minimum absolute atomic E-state index is 0.363. The van der Waals surface area contributed by atoms with Crippen molar-refractivity contribution >= 4 is 0 Å². The Morgan fingerprint density at radius 3 is 2.65 bits per heavy atom. The number of nitrogens with one attached hydrogen (secondary N) is 1. The topological polar surface area (TPSA) is 21.3 Å². The molecule has 102 valence electrons. The van der Waals surface area contributed by atoms with Crippen LogP contribution in [0.25, 0.3) is 0 Å². The summed E-state index contributed by atoms with van der Waals surface area (Å²) in [6.07, 6.45) is 7.19. The van der Waals surface area contributed by atoms with Crippen LogP contribution in [-0.4, -0.2) is 25.3 Å². The van der Waals surface area contributed by atoms with Crippen LogP contribution in [0.3, 0.4) is 0 Å². The van der Waals surface area contributed by atoms with Gasteiger partial charge in [0.1, 0.15) is 0 Å². The van der Waals surface area contributed by atoms with Gasteiger partial charge in [0.2, 0.25) is 0 Å². The first-order chi connectivity index (χ1) is 8.13. The highest BCUT2D eigenvalue weighted by molar-refractivity contribution is 4.81. The smallest absolute Gasteiger partial charge is 0.0518 e. The average molecular weight is 241 g/mol. The van der Waals surface area contributed by atoms with Crippen molar-refractivity contribution in [3.05, 3.63) is 0 Å². The zero-order valence-electron chi connectivity index (χ0n) is 12.2. The van der Waals surface area contributed by atoms with Crippen LogP contribution in [0.4, 0.5) is 0 Å². The molecule has 1 saturated carbocycles. The molecule has 0 radical (unpaired) electrons. The van der Waals surface area contributed by atoms with Gasteiger partial charge in [-0.3, -0.25) is 0 Å². The van der Waals surface area contributed by atoms with E-state index in [-0.39, 0.29) is 0 Å². The Hall–Kier alpha value is -0.0800. The molecular weight excluding hydrogens is 210 g/mol. The molecule has 0 aromatic heterocycles. The number of ether oxygens (including phenoxy) is 1. The van der Waals surface area contributed by atoms with Gasteiger partial charge in [0.05, 0.1) is 6.10 Å². The van der Waals surface area contributed by atoms with E-state index in [0.29, 0.717) is 12.1 Å². The molecule has 0 heterocycles. The second kappa shape index (κ2) is 8.10. The van der Waals surface area contributed by atoms with Gasteiger partial charge in [0.15, 0.2) is 0 Å². The highest BCUT2D eigenvalue weighted by Gasteiger charge is 2.25. The number of hydrogen-bond acceptors (Lipinski definition) is 2. The van der Waals surface area contributed by atoms with E-state index in [1.807, 2.05) is 0 Å². The molecule has 0 aromatic rings. The van der Waals surface area contributed by atoms with E-state index in [0.717, 1.165) is 25.0 Å². The summed E-state index contributed by atoms with van der Waals surface area (Å²) in [4.78, 5) is 0. The van der Waals surface area contributed by atoms with Crippen molar-refractivity contribution in [2.75, 3.05) is 13.2 Å². The van der Waals surface area contributed by atoms with Crippen LogP contribution < -0.4 is 5.32 Å². The zero-order valence-corrected chi connectivity index (χ0v) is 12.2. The monoisotopic (exact) mass is 241 g/mol. The predicted molar refractivity (Wildman–Crippen MR) is 74.3 cm³/mol. The lowest BCUT2D eigenvalue weighted by Crippen LogP contribution is -2.39. The highest BCUT2D eigenvalue weighted by Crippen LogP contribution is 2.31. The summed E-state index contributed by atoms with van der Waals surface area (Å²) in [5.74, 6) is 1.79. The maximum atomic E-state index is 5.70. The first kappa shape index (κ1) is 15.0. The fourth-order valence-corrected chi connectivity index (χ4v) is 3.04. The minimum Gasteiger partial charge on any atom is -0.379 e. The van der Waals surface area contributed by atoms with Gasteiger partial charge >= 0.3 is 0 Å². The maximum absolute atomic E-state index is 5.70. The van der Waals surface area contributed by atoms with Gasteiger partial charge < -0.3 is 10.1 Å². The third-order valence-corrected chi connectivity index (χ3v) is 3.89. The fraction of sp³-hybridized carbons (Fsp3) is 1.00. The Balaban J connectivity index is 2.35. The molecule has 17 heavy (non-hydrogen) atoms. The Morgan fingerprint density at radius 2 is 2.06 bits per heavy atom. The van der Waals surface area contributed by atoms with Crippen molar-refractivity contribution in [3.8, 4) is 0 Å². The van der Waals surface area contributed by atoms with E-state index in [1.165, 1.54) is 32.1 Å². The molecule has 2 nitrogen and oxygen atoms in total. The normalized spacial score (nSPS) is 27.4. The van der Waals surface area contributed by atoms with Crippen LogP contribution in [0.1, 0.15) is 59.8 Å². The highest BCUT2D eigenvalue weighted by atomic mass is 16.5. The van der Waals surface area contributed by atoms with Crippen molar-refractivity contribution in [1.82, 2.24) is 5.32 Å². The van der Waals surface area contributed by atoms with Crippen molar-refractivity contribution in [1.29, 1.82) is 0 Å². The SMILES string of the molecule is CCNC(CCOC(C)C)C1CCCC(C)C1. The fourth-order valence-electron chi connectivity index (χ4n) is 3.04. The van der Waals surface area contributed by atoms with Gasteiger partial charge in [-0.1, -0.05) is 26.7 Å². The average Bonchev–Trinajstić information content (AvgIpc) is 2.27. The van der Waals surface area contributed by atoms with Crippen LogP contribution in [0.15, 0.2) is 0 Å². The van der Waals surface area contributed by atoms with Crippen molar-refractivity contribution in [2.24, 2.45) is 11.8 Å². The largest absolute Gasteiger partial charge is 0.379 e. The predicted octanol–water partition coefficient (Wildman–Crippen LogP) is 3.61. The van der Waals surface area contributed by atoms with Crippen LogP contribution in [-0.2, 0) is 4.74 Å². The molecular formula is C15H31NO. The van der Waals surface area contributed by atoms with Crippen LogP contribution in [0.2, 0.25) is 0 Å². The van der Waals surface area contributed by atoms with Gasteiger partial charge in [0, 0.05) is 12.6 Å². The Bertz CT molecular complexity index is 193. The molecule has 1 N–H and O–H groups in total. The van der Waals surface area contributed by atoms with E-state index in [1.54, 1.807) is 0 Å². The van der Waals surface area contributed by atoms with Gasteiger partial charge in [-0.15, -0.1) is 0 Å². The summed E-state index contributed by atoms with van der Waals surface area (Å²) in [5.41, 5.74) is 0. The summed E-state index contributed by atoms with van der Waals surface area (Å²) < 4.78 is 5.70. The lowest BCUT2D eigenvalue weighted by atomic mass is 9.78. The van der Waals surface area contributed by atoms with E-state index >= 15 is 0 Å². The number of hydrogen-bond donors (Lipinski definition) is 1. The minimum atomic E-state index is 0.363. The molecule has 3 unspecified atom stereocenters. The van der Waals surface area contributed by atoms with Crippen LogP contribution in [0.5, 0.6) is 0 Å². The Kier molecular flexibility index (Phi) is 7.14. The second-order valence-corrected chi connectivity index (χ2v) is 5.90. The second-order valence-electron chi connectivity index (χ2n) is 5.90. The summed E-state index contributed by atoms with van der Waals surface area (Å²) in [7, 11) is 0. The molecule has 0 bridgehead atoms. The molecule has 1 aliphatic carbocycles. The zero-order chi connectivity index (χ0) is 12.7. The molecule has 1 rings (SSSR count). The quantitative estimate of drug-likeness (QED) is 0.735. The van der Waals surface area contributed by atoms with Crippen LogP contribution in [0, 0.1) is 11.8 Å². The summed E-state index contributed by atoms with van der Waals surface area (Å²) in [5, 5.41) is 3.67. The van der Waals surface area contributed by atoms with E-state index in [4.69, 9.17) is 4.74 Å². The van der Waals surface area contributed by atoms with E-state index < -0.39 is 0 Å². The molecule has 1 aliphatic rings. The van der Waals surface area contributed by atoms with Crippen molar-refractivity contribution in [2.45, 2.75) is 71.9 Å². The molecule has 0 saturated heterocycles. The van der Waals surface area contributed by atoms with E-state index in [9.17, 15) is 0 Å².